The maximum absolute atomic E-state index is 12.1. The zero-order valence-electron chi connectivity index (χ0n) is 4.47. The molecule has 0 radical (unpaired) electrons. The van der Waals surface area contributed by atoms with Gasteiger partial charge in [-0.3, -0.25) is 4.79 Å². The number of allylic oxidation sites excluding steroid dienone is 4. The molecule has 48 valence electrons. The lowest BCUT2D eigenvalue weighted by atomic mass is 10.1. The van der Waals surface area contributed by atoms with E-state index in [0.717, 1.165) is 12.2 Å². The van der Waals surface area contributed by atoms with E-state index in [0.29, 0.717) is 12.2 Å². The molecule has 0 N–H and O–H groups in total. The maximum atomic E-state index is 12.1. The Hall–Kier alpha value is -0.990. The highest BCUT2D eigenvalue weighted by molar-refractivity contribution is 6.00. The standard InChI is InChI=1S/C6H4F2O/c7-6(8)3-1-5(9)2-4-6/h1-4H. The third-order valence-electron chi connectivity index (χ3n) is 0.940. The summed E-state index contributed by atoms with van der Waals surface area (Å²) in [4.78, 5) is 10.2. The average molecular weight is 130 g/mol. The molecule has 0 aromatic rings. The Labute approximate surface area is 50.7 Å². The van der Waals surface area contributed by atoms with E-state index in [1.807, 2.05) is 0 Å². The molecule has 0 heterocycles. The number of hydrogen-bond donors (Lipinski definition) is 0. The highest BCUT2D eigenvalue weighted by Crippen LogP contribution is 2.19. The maximum Gasteiger partial charge on any atom is 0.285 e. The molecule has 1 rings (SSSR count). The minimum Gasteiger partial charge on any atom is -0.290 e. The molecule has 1 aliphatic rings. The minimum absolute atomic E-state index is 0.388. The number of carbonyl (C=O) groups is 1. The Balaban J connectivity index is 2.82. The first-order chi connectivity index (χ1) is 4.10. The van der Waals surface area contributed by atoms with Gasteiger partial charge in [0.1, 0.15) is 0 Å². The molecule has 9 heavy (non-hydrogen) atoms. The van der Waals surface area contributed by atoms with E-state index < -0.39 is 5.92 Å². The number of ketones is 1. The Kier molecular flexibility index (Phi) is 1.20. The number of carbonyl (C=O) groups excluding carboxylic acids is 1. The van der Waals surface area contributed by atoms with E-state index in [2.05, 4.69) is 0 Å². The van der Waals surface area contributed by atoms with E-state index in [-0.39, 0.29) is 5.78 Å². The fraction of sp³-hybridized carbons (Fsp3) is 0.167. The molecule has 0 saturated carbocycles. The molecule has 0 fully saturated rings. The second kappa shape index (κ2) is 1.76. The minimum atomic E-state index is -2.92. The van der Waals surface area contributed by atoms with Crippen molar-refractivity contribution in [1.29, 1.82) is 0 Å². The van der Waals surface area contributed by atoms with Crippen LogP contribution in [0, 0.1) is 0 Å². The van der Waals surface area contributed by atoms with Crippen molar-refractivity contribution in [3.8, 4) is 0 Å². The molecule has 0 unspecified atom stereocenters. The molecular formula is C6H4F2O. The fourth-order valence-corrected chi connectivity index (χ4v) is 0.498. The second-order valence-electron chi connectivity index (χ2n) is 1.74. The van der Waals surface area contributed by atoms with Crippen LogP contribution in [0.3, 0.4) is 0 Å². The number of rotatable bonds is 0. The lowest BCUT2D eigenvalue weighted by Gasteiger charge is -2.06. The van der Waals surface area contributed by atoms with Gasteiger partial charge in [0.25, 0.3) is 5.92 Å². The largest absolute Gasteiger partial charge is 0.290 e. The quantitative estimate of drug-likeness (QED) is 0.483. The van der Waals surface area contributed by atoms with Crippen LogP contribution in [0.4, 0.5) is 8.78 Å². The lowest BCUT2D eigenvalue weighted by molar-refractivity contribution is -0.110. The summed E-state index contributed by atoms with van der Waals surface area (Å²) in [6.07, 6.45) is 2.88. The van der Waals surface area contributed by atoms with E-state index in [9.17, 15) is 13.6 Å². The molecule has 0 aromatic carbocycles. The fourth-order valence-electron chi connectivity index (χ4n) is 0.498. The van der Waals surface area contributed by atoms with E-state index in [4.69, 9.17) is 0 Å². The first-order valence-electron chi connectivity index (χ1n) is 2.40. The van der Waals surface area contributed by atoms with Gasteiger partial charge in [0.15, 0.2) is 5.78 Å². The van der Waals surface area contributed by atoms with Gasteiger partial charge in [-0.2, -0.15) is 8.78 Å². The van der Waals surface area contributed by atoms with Gasteiger partial charge in [0.05, 0.1) is 0 Å². The van der Waals surface area contributed by atoms with Crippen LogP contribution in [-0.2, 0) is 4.79 Å². The second-order valence-corrected chi connectivity index (χ2v) is 1.74. The van der Waals surface area contributed by atoms with Crippen LogP contribution in [0.25, 0.3) is 0 Å². The lowest BCUT2D eigenvalue weighted by Crippen LogP contribution is -2.12. The van der Waals surface area contributed by atoms with E-state index in [1.165, 1.54) is 0 Å². The van der Waals surface area contributed by atoms with Gasteiger partial charge in [-0.15, -0.1) is 0 Å². The van der Waals surface area contributed by atoms with Crippen LogP contribution in [0.1, 0.15) is 0 Å². The number of halogens is 2. The van der Waals surface area contributed by atoms with Crippen LogP contribution in [-0.4, -0.2) is 11.7 Å². The predicted octanol–water partition coefficient (Wildman–Crippen LogP) is 1.32. The monoisotopic (exact) mass is 130 g/mol. The molecule has 0 atom stereocenters. The zero-order valence-corrected chi connectivity index (χ0v) is 4.47. The molecular weight excluding hydrogens is 126 g/mol. The van der Waals surface area contributed by atoms with Gasteiger partial charge >= 0.3 is 0 Å². The molecule has 0 aliphatic heterocycles. The van der Waals surface area contributed by atoms with Gasteiger partial charge in [0, 0.05) is 0 Å². The van der Waals surface area contributed by atoms with Crippen LogP contribution < -0.4 is 0 Å². The Morgan fingerprint density at radius 3 is 2.00 bits per heavy atom. The first kappa shape index (κ1) is 6.13. The predicted molar refractivity (Wildman–Crippen MR) is 28.2 cm³/mol. The SMILES string of the molecule is O=C1C=CC(F)(F)C=C1. The zero-order chi connectivity index (χ0) is 6.91. The van der Waals surface area contributed by atoms with Gasteiger partial charge in [0.2, 0.25) is 0 Å². The van der Waals surface area contributed by atoms with Crippen molar-refractivity contribution in [3.05, 3.63) is 24.3 Å². The third kappa shape index (κ3) is 1.45. The first-order valence-corrected chi connectivity index (χ1v) is 2.40. The van der Waals surface area contributed by atoms with Crippen LogP contribution in [0.2, 0.25) is 0 Å². The number of hydrogen-bond acceptors (Lipinski definition) is 1. The molecule has 0 amide bonds. The Bertz CT molecular complexity index is 173. The summed E-state index contributed by atoms with van der Waals surface area (Å²) < 4.78 is 24.1. The molecule has 1 nitrogen and oxygen atoms in total. The molecule has 0 bridgehead atoms. The van der Waals surface area contributed by atoms with Gasteiger partial charge in [-0.1, -0.05) is 0 Å². The molecule has 3 heteroatoms. The Morgan fingerprint density at radius 1 is 1.22 bits per heavy atom. The topological polar surface area (TPSA) is 17.1 Å². The molecule has 0 aromatic heterocycles. The summed E-state index contributed by atoms with van der Waals surface area (Å²) >= 11 is 0. The molecule has 1 aliphatic carbocycles. The highest BCUT2D eigenvalue weighted by Gasteiger charge is 2.23. The average Bonchev–Trinajstić information content (AvgIpc) is 1.78. The van der Waals surface area contributed by atoms with Gasteiger partial charge in [-0.25, -0.2) is 0 Å². The van der Waals surface area contributed by atoms with Crippen molar-refractivity contribution in [3.63, 3.8) is 0 Å². The van der Waals surface area contributed by atoms with Gasteiger partial charge < -0.3 is 0 Å². The van der Waals surface area contributed by atoms with Crippen molar-refractivity contribution in [2.75, 3.05) is 0 Å². The van der Waals surface area contributed by atoms with Crippen molar-refractivity contribution in [2.45, 2.75) is 5.92 Å². The summed E-state index contributed by atoms with van der Waals surface area (Å²) in [5.74, 6) is -3.31. The van der Waals surface area contributed by atoms with Crippen LogP contribution in [0.5, 0.6) is 0 Å². The van der Waals surface area contributed by atoms with Crippen molar-refractivity contribution in [1.82, 2.24) is 0 Å². The summed E-state index contributed by atoms with van der Waals surface area (Å²) in [6, 6.07) is 0. The summed E-state index contributed by atoms with van der Waals surface area (Å²) in [7, 11) is 0. The Morgan fingerprint density at radius 2 is 1.67 bits per heavy atom. The van der Waals surface area contributed by atoms with Gasteiger partial charge in [-0.05, 0) is 24.3 Å². The summed E-state index contributed by atoms with van der Waals surface area (Å²) in [5.41, 5.74) is 0. The molecule has 0 spiro atoms. The van der Waals surface area contributed by atoms with E-state index in [1.54, 1.807) is 0 Å². The van der Waals surface area contributed by atoms with Crippen molar-refractivity contribution < 1.29 is 13.6 Å². The number of alkyl halides is 2. The van der Waals surface area contributed by atoms with Crippen molar-refractivity contribution in [2.24, 2.45) is 0 Å². The van der Waals surface area contributed by atoms with E-state index >= 15 is 0 Å². The summed E-state index contributed by atoms with van der Waals surface area (Å²) in [5, 5.41) is 0. The highest BCUT2D eigenvalue weighted by atomic mass is 19.3. The molecule has 0 saturated heterocycles. The van der Waals surface area contributed by atoms with Crippen molar-refractivity contribution >= 4 is 5.78 Å². The van der Waals surface area contributed by atoms with Crippen LogP contribution in [0.15, 0.2) is 24.3 Å². The normalized spacial score (nSPS) is 22.7. The third-order valence-corrected chi connectivity index (χ3v) is 0.940. The summed E-state index contributed by atoms with van der Waals surface area (Å²) in [6.45, 7) is 0. The van der Waals surface area contributed by atoms with Crippen LogP contribution >= 0.6 is 0 Å². The smallest absolute Gasteiger partial charge is 0.285 e.